The lowest BCUT2D eigenvalue weighted by atomic mass is 10.0. The van der Waals surface area contributed by atoms with Gasteiger partial charge in [0.05, 0.1) is 7.11 Å². The Morgan fingerprint density at radius 2 is 1.52 bits per heavy atom. The SMILES string of the molecule is COc1cccc(NC(=O)COc2ccc(C(=O)Nc3c(C)cc(C)cc3C)cc2)c1. The number of hydrogen-bond donors (Lipinski definition) is 2. The van der Waals surface area contributed by atoms with Crippen molar-refractivity contribution in [2.24, 2.45) is 0 Å². The Kier molecular flexibility index (Phi) is 6.92. The van der Waals surface area contributed by atoms with Crippen molar-refractivity contribution in [3.63, 3.8) is 0 Å². The lowest BCUT2D eigenvalue weighted by Gasteiger charge is -2.13. The van der Waals surface area contributed by atoms with Crippen LogP contribution >= 0.6 is 0 Å². The number of carbonyl (C=O) groups is 2. The number of nitrogens with one attached hydrogen (secondary N) is 2. The molecule has 6 nitrogen and oxygen atoms in total. The predicted molar refractivity (Wildman–Crippen MR) is 122 cm³/mol. The van der Waals surface area contributed by atoms with Gasteiger partial charge in [-0.3, -0.25) is 9.59 Å². The fourth-order valence-electron chi connectivity index (χ4n) is 3.31. The maximum absolute atomic E-state index is 12.6. The van der Waals surface area contributed by atoms with Gasteiger partial charge in [0.1, 0.15) is 11.5 Å². The van der Waals surface area contributed by atoms with Crippen LogP contribution in [0.25, 0.3) is 0 Å². The van der Waals surface area contributed by atoms with Crippen LogP contribution in [0.3, 0.4) is 0 Å². The molecule has 0 aliphatic rings. The van der Waals surface area contributed by atoms with Crippen LogP contribution in [0.5, 0.6) is 11.5 Å². The summed E-state index contributed by atoms with van der Waals surface area (Å²) in [6, 6.07) is 17.8. The third-order valence-electron chi connectivity index (χ3n) is 4.76. The van der Waals surface area contributed by atoms with Gasteiger partial charge in [-0.25, -0.2) is 0 Å². The van der Waals surface area contributed by atoms with Crippen LogP contribution in [0.2, 0.25) is 0 Å². The highest BCUT2D eigenvalue weighted by Gasteiger charge is 2.11. The maximum atomic E-state index is 12.6. The maximum Gasteiger partial charge on any atom is 0.262 e. The number of ether oxygens (including phenoxy) is 2. The smallest absolute Gasteiger partial charge is 0.262 e. The molecule has 0 atom stereocenters. The van der Waals surface area contributed by atoms with E-state index in [4.69, 9.17) is 9.47 Å². The molecule has 0 spiro atoms. The van der Waals surface area contributed by atoms with Crippen molar-refractivity contribution in [2.75, 3.05) is 24.4 Å². The molecular weight excluding hydrogens is 392 g/mol. The Morgan fingerprint density at radius 1 is 0.839 bits per heavy atom. The highest BCUT2D eigenvalue weighted by molar-refractivity contribution is 6.05. The lowest BCUT2D eigenvalue weighted by molar-refractivity contribution is -0.118. The standard InChI is InChI=1S/C25H26N2O4/c1-16-12-17(2)24(18(3)13-16)27-25(29)19-8-10-21(11-9-19)31-15-23(28)26-20-6-5-7-22(14-20)30-4/h5-14H,15H2,1-4H3,(H,26,28)(H,27,29). The van der Waals surface area contributed by atoms with Crippen LogP contribution in [-0.2, 0) is 4.79 Å². The molecule has 6 heteroatoms. The minimum absolute atomic E-state index is 0.148. The van der Waals surface area contributed by atoms with Gasteiger partial charge in [0.25, 0.3) is 11.8 Å². The first-order valence-electron chi connectivity index (χ1n) is 9.91. The second-order valence-electron chi connectivity index (χ2n) is 7.32. The van der Waals surface area contributed by atoms with E-state index in [0.717, 1.165) is 22.4 Å². The number of anilines is 2. The Hall–Kier alpha value is -3.80. The highest BCUT2D eigenvalue weighted by atomic mass is 16.5. The Bertz CT molecular complexity index is 1070. The molecule has 3 rings (SSSR count). The molecule has 2 N–H and O–H groups in total. The summed E-state index contributed by atoms with van der Waals surface area (Å²) in [7, 11) is 1.57. The van der Waals surface area contributed by atoms with Crippen LogP contribution in [0.4, 0.5) is 11.4 Å². The molecule has 0 unspecified atom stereocenters. The van der Waals surface area contributed by atoms with Crippen molar-refractivity contribution >= 4 is 23.2 Å². The van der Waals surface area contributed by atoms with Gasteiger partial charge in [0.2, 0.25) is 0 Å². The topological polar surface area (TPSA) is 76.7 Å². The Balaban J connectivity index is 1.56. The second kappa shape index (κ2) is 9.80. The van der Waals surface area contributed by atoms with Crippen molar-refractivity contribution in [3.8, 4) is 11.5 Å². The molecule has 3 aromatic rings. The molecule has 0 radical (unpaired) electrons. The predicted octanol–water partition coefficient (Wildman–Crippen LogP) is 4.89. The summed E-state index contributed by atoms with van der Waals surface area (Å²) >= 11 is 0. The number of methoxy groups -OCH3 is 1. The van der Waals surface area contributed by atoms with E-state index in [1.165, 1.54) is 0 Å². The molecule has 0 saturated heterocycles. The van der Waals surface area contributed by atoms with Gasteiger partial charge >= 0.3 is 0 Å². The normalized spacial score (nSPS) is 10.3. The minimum atomic E-state index is -0.291. The van der Waals surface area contributed by atoms with Crippen LogP contribution in [0, 0.1) is 20.8 Å². The molecule has 0 heterocycles. The molecule has 0 saturated carbocycles. The zero-order valence-corrected chi connectivity index (χ0v) is 18.1. The van der Waals surface area contributed by atoms with E-state index in [9.17, 15) is 9.59 Å². The van der Waals surface area contributed by atoms with Gasteiger partial charge in [0.15, 0.2) is 6.61 Å². The van der Waals surface area contributed by atoms with Crippen LogP contribution in [0.1, 0.15) is 27.0 Å². The largest absolute Gasteiger partial charge is 0.497 e. The molecule has 0 aliphatic carbocycles. The summed E-state index contributed by atoms with van der Waals surface area (Å²) in [5.41, 5.74) is 5.16. The lowest BCUT2D eigenvalue weighted by Crippen LogP contribution is -2.20. The molecule has 2 amide bonds. The number of benzene rings is 3. The number of aryl methyl sites for hydroxylation is 3. The van der Waals surface area contributed by atoms with E-state index in [1.54, 1.807) is 55.6 Å². The summed E-state index contributed by atoms with van der Waals surface area (Å²) in [4.78, 5) is 24.7. The first-order valence-corrected chi connectivity index (χ1v) is 9.91. The van der Waals surface area contributed by atoms with Crippen LogP contribution in [0.15, 0.2) is 60.7 Å². The highest BCUT2D eigenvalue weighted by Crippen LogP contribution is 2.23. The van der Waals surface area contributed by atoms with E-state index >= 15 is 0 Å². The fraction of sp³-hybridized carbons (Fsp3) is 0.200. The van der Waals surface area contributed by atoms with E-state index < -0.39 is 0 Å². The minimum Gasteiger partial charge on any atom is -0.497 e. The van der Waals surface area contributed by atoms with Gasteiger partial charge in [-0.1, -0.05) is 23.8 Å². The van der Waals surface area contributed by atoms with Crippen molar-refractivity contribution < 1.29 is 19.1 Å². The number of rotatable bonds is 7. The molecule has 0 aliphatic heterocycles. The Morgan fingerprint density at radius 3 is 2.16 bits per heavy atom. The fourth-order valence-corrected chi connectivity index (χ4v) is 3.31. The molecule has 0 aromatic heterocycles. The van der Waals surface area contributed by atoms with E-state index in [-0.39, 0.29) is 18.4 Å². The second-order valence-corrected chi connectivity index (χ2v) is 7.32. The first-order chi connectivity index (χ1) is 14.9. The van der Waals surface area contributed by atoms with Gasteiger partial charge in [0, 0.05) is 23.0 Å². The van der Waals surface area contributed by atoms with Gasteiger partial charge in [-0.15, -0.1) is 0 Å². The molecule has 3 aromatic carbocycles. The summed E-state index contributed by atoms with van der Waals surface area (Å²) in [5, 5.41) is 5.72. The molecule has 0 bridgehead atoms. The van der Waals surface area contributed by atoms with Crippen LogP contribution in [-0.4, -0.2) is 25.5 Å². The quantitative estimate of drug-likeness (QED) is 0.573. The third kappa shape index (κ3) is 5.85. The van der Waals surface area contributed by atoms with Crippen molar-refractivity contribution in [2.45, 2.75) is 20.8 Å². The average Bonchev–Trinajstić information content (AvgIpc) is 2.75. The van der Waals surface area contributed by atoms with Gasteiger partial charge in [-0.2, -0.15) is 0 Å². The van der Waals surface area contributed by atoms with Crippen molar-refractivity contribution in [3.05, 3.63) is 82.9 Å². The van der Waals surface area contributed by atoms with Crippen LogP contribution < -0.4 is 20.1 Å². The van der Waals surface area contributed by atoms with E-state index in [1.807, 2.05) is 32.9 Å². The van der Waals surface area contributed by atoms with Gasteiger partial charge < -0.3 is 20.1 Å². The molecule has 0 fully saturated rings. The van der Waals surface area contributed by atoms with E-state index in [2.05, 4.69) is 10.6 Å². The summed E-state index contributed by atoms with van der Waals surface area (Å²) < 4.78 is 10.7. The summed E-state index contributed by atoms with van der Waals surface area (Å²) in [6.07, 6.45) is 0. The molecule has 31 heavy (non-hydrogen) atoms. The monoisotopic (exact) mass is 418 g/mol. The van der Waals surface area contributed by atoms with Gasteiger partial charge in [-0.05, 0) is 68.3 Å². The molecule has 160 valence electrons. The summed E-state index contributed by atoms with van der Waals surface area (Å²) in [6.45, 7) is 5.83. The van der Waals surface area contributed by atoms with Crippen molar-refractivity contribution in [1.29, 1.82) is 0 Å². The third-order valence-corrected chi connectivity index (χ3v) is 4.76. The Labute approximate surface area is 182 Å². The number of hydrogen-bond acceptors (Lipinski definition) is 4. The number of carbonyl (C=O) groups excluding carboxylic acids is 2. The summed E-state index contributed by atoms with van der Waals surface area (Å²) in [5.74, 6) is 0.668. The first kappa shape index (κ1) is 21.9. The van der Waals surface area contributed by atoms with Crippen molar-refractivity contribution in [1.82, 2.24) is 0 Å². The van der Waals surface area contributed by atoms with E-state index in [0.29, 0.717) is 22.7 Å². The average molecular weight is 418 g/mol. The zero-order chi connectivity index (χ0) is 22.4. The molecular formula is C25H26N2O4. The zero-order valence-electron chi connectivity index (χ0n) is 18.1. The number of amides is 2.